The van der Waals surface area contributed by atoms with E-state index in [1.54, 1.807) is 4.68 Å². The standard InChI is InChI=1S/C10H13ClN6/c1-17-6-7(4-15-17)2-3-13-9-8(12)5-14-10(11)16-9/h4-6H,2-3,12H2,1H3,(H,13,14,16). The van der Waals surface area contributed by atoms with Crippen LogP contribution in [-0.4, -0.2) is 26.3 Å². The highest BCUT2D eigenvalue weighted by Crippen LogP contribution is 2.15. The van der Waals surface area contributed by atoms with E-state index in [0.717, 1.165) is 12.0 Å². The third-order valence-electron chi connectivity index (χ3n) is 2.25. The van der Waals surface area contributed by atoms with Gasteiger partial charge in [0.25, 0.3) is 0 Å². The van der Waals surface area contributed by atoms with Crippen molar-refractivity contribution in [2.75, 3.05) is 17.6 Å². The Balaban J connectivity index is 1.91. The highest BCUT2D eigenvalue weighted by molar-refractivity contribution is 6.28. The smallest absolute Gasteiger partial charge is 0.224 e. The van der Waals surface area contributed by atoms with E-state index in [9.17, 15) is 0 Å². The summed E-state index contributed by atoms with van der Waals surface area (Å²) in [7, 11) is 1.89. The summed E-state index contributed by atoms with van der Waals surface area (Å²) >= 11 is 5.68. The summed E-state index contributed by atoms with van der Waals surface area (Å²) in [6, 6.07) is 0. The number of nitrogens with zero attached hydrogens (tertiary/aromatic N) is 4. The van der Waals surface area contributed by atoms with Crippen LogP contribution in [0.4, 0.5) is 11.5 Å². The second kappa shape index (κ2) is 5.01. The van der Waals surface area contributed by atoms with E-state index < -0.39 is 0 Å². The van der Waals surface area contributed by atoms with Crippen LogP contribution in [0, 0.1) is 0 Å². The van der Waals surface area contributed by atoms with Crippen molar-refractivity contribution < 1.29 is 0 Å². The quantitative estimate of drug-likeness (QED) is 0.797. The normalized spacial score (nSPS) is 10.5. The van der Waals surface area contributed by atoms with Crippen LogP contribution in [0.5, 0.6) is 0 Å². The maximum atomic E-state index is 5.71. The molecule has 0 saturated heterocycles. The summed E-state index contributed by atoms with van der Waals surface area (Å²) in [5, 5.41) is 7.39. The number of halogens is 1. The maximum Gasteiger partial charge on any atom is 0.224 e. The zero-order chi connectivity index (χ0) is 12.3. The maximum absolute atomic E-state index is 5.71. The Morgan fingerprint density at radius 2 is 2.29 bits per heavy atom. The molecule has 0 spiro atoms. The summed E-state index contributed by atoms with van der Waals surface area (Å²) in [5.41, 5.74) is 7.35. The molecule has 7 heteroatoms. The van der Waals surface area contributed by atoms with Crippen molar-refractivity contribution in [3.8, 4) is 0 Å². The molecule has 3 N–H and O–H groups in total. The zero-order valence-electron chi connectivity index (χ0n) is 9.39. The lowest BCUT2D eigenvalue weighted by atomic mass is 10.2. The van der Waals surface area contributed by atoms with Crippen LogP contribution >= 0.6 is 11.6 Å². The fourth-order valence-corrected chi connectivity index (χ4v) is 1.57. The topological polar surface area (TPSA) is 81.7 Å². The SMILES string of the molecule is Cn1cc(CCNc2nc(Cl)ncc2N)cn1. The van der Waals surface area contributed by atoms with Crippen molar-refractivity contribution >= 4 is 23.1 Å². The van der Waals surface area contributed by atoms with Crippen LogP contribution in [0.3, 0.4) is 0 Å². The van der Waals surface area contributed by atoms with E-state index >= 15 is 0 Å². The molecule has 0 aromatic carbocycles. The number of nitrogens with one attached hydrogen (secondary N) is 1. The van der Waals surface area contributed by atoms with Crippen molar-refractivity contribution in [3.05, 3.63) is 29.4 Å². The molecule has 0 aliphatic rings. The van der Waals surface area contributed by atoms with Gasteiger partial charge in [0.2, 0.25) is 5.28 Å². The van der Waals surface area contributed by atoms with Crippen LogP contribution in [0.2, 0.25) is 5.28 Å². The molecule has 17 heavy (non-hydrogen) atoms. The Hall–Kier alpha value is -1.82. The Kier molecular flexibility index (Phi) is 3.43. The number of anilines is 2. The largest absolute Gasteiger partial charge is 0.394 e. The number of hydrogen-bond acceptors (Lipinski definition) is 5. The summed E-state index contributed by atoms with van der Waals surface area (Å²) in [6.45, 7) is 0.712. The fourth-order valence-electron chi connectivity index (χ4n) is 1.44. The van der Waals surface area contributed by atoms with Gasteiger partial charge in [0.1, 0.15) is 0 Å². The van der Waals surface area contributed by atoms with Crippen LogP contribution in [0.15, 0.2) is 18.6 Å². The van der Waals surface area contributed by atoms with Gasteiger partial charge in [-0.25, -0.2) is 4.98 Å². The lowest BCUT2D eigenvalue weighted by Crippen LogP contribution is -2.08. The van der Waals surface area contributed by atoms with Crippen LogP contribution in [0.25, 0.3) is 0 Å². The molecule has 0 unspecified atom stereocenters. The third-order valence-corrected chi connectivity index (χ3v) is 2.43. The van der Waals surface area contributed by atoms with E-state index in [0.29, 0.717) is 18.1 Å². The van der Waals surface area contributed by atoms with Gasteiger partial charge in [-0.15, -0.1) is 0 Å². The molecular formula is C10H13ClN6. The molecule has 0 bridgehead atoms. The van der Waals surface area contributed by atoms with E-state index in [1.807, 2.05) is 19.4 Å². The molecule has 2 aromatic rings. The van der Waals surface area contributed by atoms with Gasteiger partial charge in [0.05, 0.1) is 18.1 Å². The average Bonchev–Trinajstić information content (AvgIpc) is 2.69. The number of aromatic nitrogens is 4. The highest BCUT2D eigenvalue weighted by Gasteiger charge is 2.03. The summed E-state index contributed by atoms with van der Waals surface area (Å²) in [4.78, 5) is 7.79. The molecule has 0 aliphatic heterocycles. The Bertz CT molecular complexity index is 509. The van der Waals surface area contributed by atoms with Crippen LogP contribution in [0.1, 0.15) is 5.56 Å². The van der Waals surface area contributed by atoms with Gasteiger partial charge in [-0.3, -0.25) is 4.68 Å². The van der Waals surface area contributed by atoms with Gasteiger partial charge in [-0.2, -0.15) is 10.1 Å². The number of aryl methyl sites for hydroxylation is 1. The number of nitrogens with two attached hydrogens (primary N) is 1. The van der Waals surface area contributed by atoms with Gasteiger partial charge >= 0.3 is 0 Å². The third kappa shape index (κ3) is 3.07. The van der Waals surface area contributed by atoms with E-state index in [-0.39, 0.29) is 5.28 Å². The monoisotopic (exact) mass is 252 g/mol. The van der Waals surface area contributed by atoms with Crippen LogP contribution in [-0.2, 0) is 13.5 Å². The molecule has 0 aliphatic carbocycles. The van der Waals surface area contributed by atoms with E-state index in [2.05, 4.69) is 20.4 Å². The molecule has 0 amide bonds. The van der Waals surface area contributed by atoms with Gasteiger partial charge in [-0.1, -0.05) is 0 Å². The first-order valence-electron chi connectivity index (χ1n) is 5.14. The van der Waals surface area contributed by atoms with Gasteiger partial charge in [0.15, 0.2) is 5.82 Å². The van der Waals surface area contributed by atoms with Gasteiger partial charge in [-0.05, 0) is 23.6 Å². The predicted octanol–water partition coefficient (Wildman–Crippen LogP) is 1.10. The lowest BCUT2D eigenvalue weighted by Gasteiger charge is -2.06. The van der Waals surface area contributed by atoms with Gasteiger partial charge < -0.3 is 11.1 Å². The lowest BCUT2D eigenvalue weighted by molar-refractivity contribution is 0.767. The number of rotatable bonds is 4. The minimum absolute atomic E-state index is 0.183. The van der Waals surface area contributed by atoms with Gasteiger partial charge in [0, 0.05) is 19.8 Å². The molecule has 0 saturated carbocycles. The summed E-state index contributed by atoms with van der Waals surface area (Å²) < 4.78 is 1.77. The van der Waals surface area contributed by atoms with Crippen LogP contribution < -0.4 is 11.1 Å². The number of nitrogen functional groups attached to an aromatic ring is 1. The molecular weight excluding hydrogens is 240 g/mol. The number of hydrogen-bond donors (Lipinski definition) is 2. The van der Waals surface area contributed by atoms with Crippen molar-refractivity contribution in [3.63, 3.8) is 0 Å². The first-order chi connectivity index (χ1) is 8.15. The second-order valence-corrected chi connectivity index (χ2v) is 3.98. The van der Waals surface area contributed by atoms with Crippen molar-refractivity contribution in [1.29, 1.82) is 0 Å². The second-order valence-electron chi connectivity index (χ2n) is 3.64. The van der Waals surface area contributed by atoms with E-state index in [1.165, 1.54) is 6.20 Å². The Morgan fingerprint density at radius 1 is 1.47 bits per heavy atom. The van der Waals surface area contributed by atoms with Crippen molar-refractivity contribution in [2.24, 2.45) is 7.05 Å². The first-order valence-corrected chi connectivity index (χ1v) is 5.52. The highest BCUT2D eigenvalue weighted by atomic mass is 35.5. The molecule has 90 valence electrons. The minimum Gasteiger partial charge on any atom is -0.394 e. The Morgan fingerprint density at radius 3 is 3.00 bits per heavy atom. The summed E-state index contributed by atoms with van der Waals surface area (Å²) in [5.74, 6) is 0.564. The first kappa shape index (κ1) is 11.7. The molecule has 0 atom stereocenters. The molecule has 2 aromatic heterocycles. The average molecular weight is 253 g/mol. The molecule has 6 nitrogen and oxygen atoms in total. The van der Waals surface area contributed by atoms with Crippen molar-refractivity contribution in [1.82, 2.24) is 19.7 Å². The molecule has 0 radical (unpaired) electrons. The Labute approximate surface area is 104 Å². The summed E-state index contributed by atoms with van der Waals surface area (Å²) in [6.07, 6.45) is 6.13. The minimum atomic E-state index is 0.183. The zero-order valence-corrected chi connectivity index (χ0v) is 10.1. The van der Waals surface area contributed by atoms with Crippen molar-refractivity contribution in [2.45, 2.75) is 6.42 Å². The molecule has 2 heterocycles. The van der Waals surface area contributed by atoms with E-state index in [4.69, 9.17) is 17.3 Å². The predicted molar refractivity (Wildman–Crippen MR) is 66.9 cm³/mol. The molecule has 2 rings (SSSR count). The fraction of sp³-hybridized carbons (Fsp3) is 0.300. The molecule has 0 fully saturated rings.